The van der Waals surface area contributed by atoms with Crippen molar-refractivity contribution in [3.8, 4) is 10.6 Å². The van der Waals surface area contributed by atoms with Crippen LogP contribution in [0.2, 0.25) is 0 Å². The summed E-state index contributed by atoms with van der Waals surface area (Å²) in [5.74, 6) is -0.0386. The van der Waals surface area contributed by atoms with Gasteiger partial charge in [0.2, 0.25) is 0 Å². The highest BCUT2D eigenvalue weighted by Gasteiger charge is 2.16. The Morgan fingerprint density at radius 3 is 2.79 bits per heavy atom. The molecule has 3 rings (SSSR count). The van der Waals surface area contributed by atoms with Crippen molar-refractivity contribution in [2.45, 2.75) is 26.3 Å². The average Bonchev–Trinajstić information content (AvgIpc) is 3.25. The van der Waals surface area contributed by atoms with Gasteiger partial charge in [-0.25, -0.2) is 9.97 Å². The van der Waals surface area contributed by atoms with Crippen LogP contribution in [0.25, 0.3) is 10.6 Å². The lowest BCUT2D eigenvalue weighted by atomic mass is 10.2. The molecule has 2 aromatic heterocycles. The van der Waals surface area contributed by atoms with E-state index in [-0.39, 0.29) is 5.91 Å². The quantitative estimate of drug-likeness (QED) is 0.653. The number of benzene rings is 1. The fourth-order valence-electron chi connectivity index (χ4n) is 2.33. The molecule has 0 aliphatic heterocycles. The Morgan fingerprint density at radius 1 is 1.25 bits per heavy atom. The van der Waals surface area contributed by atoms with Crippen molar-refractivity contribution in [3.63, 3.8) is 0 Å². The number of carbonyl (C=O) groups excluding carboxylic acids is 1. The van der Waals surface area contributed by atoms with Crippen molar-refractivity contribution in [2.24, 2.45) is 0 Å². The van der Waals surface area contributed by atoms with Gasteiger partial charge in [-0.15, -0.1) is 22.7 Å². The second-order valence-corrected chi connectivity index (χ2v) is 7.59. The molecule has 24 heavy (non-hydrogen) atoms. The van der Waals surface area contributed by atoms with Crippen molar-refractivity contribution in [1.29, 1.82) is 0 Å². The van der Waals surface area contributed by atoms with Crippen LogP contribution in [0.1, 0.15) is 33.7 Å². The molecule has 6 heteroatoms. The Labute approximate surface area is 149 Å². The van der Waals surface area contributed by atoms with Crippen molar-refractivity contribution in [1.82, 2.24) is 14.9 Å². The van der Waals surface area contributed by atoms with E-state index in [0.717, 1.165) is 33.3 Å². The van der Waals surface area contributed by atoms with Crippen LogP contribution in [0.5, 0.6) is 0 Å². The molecule has 1 amide bonds. The van der Waals surface area contributed by atoms with Crippen LogP contribution in [0.15, 0.2) is 41.9 Å². The third kappa shape index (κ3) is 3.88. The van der Waals surface area contributed by atoms with Crippen molar-refractivity contribution >= 4 is 28.6 Å². The summed E-state index contributed by atoms with van der Waals surface area (Å²) in [6.07, 6.45) is 3.82. The minimum atomic E-state index is -0.0386. The Kier molecular flexibility index (Phi) is 5.37. The van der Waals surface area contributed by atoms with Crippen LogP contribution < -0.4 is 0 Å². The number of amides is 1. The lowest BCUT2D eigenvalue weighted by Crippen LogP contribution is -2.26. The van der Waals surface area contributed by atoms with Crippen LogP contribution in [-0.4, -0.2) is 27.8 Å². The molecule has 0 aliphatic rings. The van der Waals surface area contributed by atoms with Gasteiger partial charge < -0.3 is 4.90 Å². The standard InChI is InChI=1S/C18H19N3OS2/c1-3-7-16-20-15(12-23-16)18(22)21(2)11-14-10-19-17(24-14)13-8-5-4-6-9-13/h4-6,8-10,12H,3,7,11H2,1-2H3. The van der Waals surface area contributed by atoms with Crippen LogP contribution >= 0.6 is 22.7 Å². The van der Waals surface area contributed by atoms with Gasteiger partial charge in [-0.3, -0.25) is 4.79 Å². The SMILES string of the molecule is CCCc1nc(C(=O)N(C)Cc2cnc(-c3ccccc3)s2)cs1. The lowest BCUT2D eigenvalue weighted by Gasteiger charge is -2.14. The fourth-order valence-corrected chi connectivity index (χ4v) is 4.18. The van der Waals surface area contributed by atoms with Gasteiger partial charge in [0, 0.05) is 29.1 Å². The summed E-state index contributed by atoms with van der Waals surface area (Å²) in [5, 5.41) is 3.86. The third-order valence-electron chi connectivity index (χ3n) is 3.55. The van der Waals surface area contributed by atoms with Crippen LogP contribution in [0.4, 0.5) is 0 Å². The first kappa shape index (κ1) is 16.8. The zero-order valence-electron chi connectivity index (χ0n) is 13.7. The summed E-state index contributed by atoms with van der Waals surface area (Å²) in [4.78, 5) is 24.2. The first-order valence-corrected chi connectivity index (χ1v) is 9.57. The molecule has 3 aromatic rings. The van der Waals surface area contributed by atoms with E-state index in [1.54, 1.807) is 27.6 Å². The predicted molar refractivity (Wildman–Crippen MR) is 99.5 cm³/mol. The number of hydrogen-bond acceptors (Lipinski definition) is 5. The molecule has 0 radical (unpaired) electrons. The number of aryl methyl sites for hydroxylation is 1. The number of aromatic nitrogens is 2. The second-order valence-electron chi connectivity index (χ2n) is 5.54. The van der Waals surface area contributed by atoms with E-state index in [2.05, 4.69) is 16.9 Å². The van der Waals surface area contributed by atoms with Gasteiger partial charge in [0.25, 0.3) is 5.91 Å². The molecule has 0 N–H and O–H groups in total. The summed E-state index contributed by atoms with van der Waals surface area (Å²) in [5.41, 5.74) is 1.64. The highest BCUT2D eigenvalue weighted by atomic mass is 32.1. The minimum absolute atomic E-state index is 0.0386. The van der Waals surface area contributed by atoms with Crippen LogP contribution in [0.3, 0.4) is 0 Å². The molecule has 124 valence electrons. The van der Waals surface area contributed by atoms with Gasteiger partial charge in [0.05, 0.1) is 11.6 Å². The van der Waals surface area contributed by atoms with Gasteiger partial charge >= 0.3 is 0 Å². The van der Waals surface area contributed by atoms with E-state index in [4.69, 9.17) is 0 Å². The smallest absolute Gasteiger partial charge is 0.273 e. The van der Waals surface area contributed by atoms with E-state index >= 15 is 0 Å². The monoisotopic (exact) mass is 357 g/mol. The van der Waals surface area contributed by atoms with Gasteiger partial charge in [0.15, 0.2) is 0 Å². The van der Waals surface area contributed by atoms with E-state index in [1.807, 2.05) is 49.0 Å². The second kappa shape index (κ2) is 7.68. The molecular formula is C18H19N3OS2. The summed E-state index contributed by atoms with van der Waals surface area (Å²) in [6.45, 7) is 2.66. The Morgan fingerprint density at radius 2 is 2.04 bits per heavy atom. The number of hydrogen-bond donors (Lipinski definition) is 0. The molecule has 4 nitrogen and oxygen atoms in total. The molecule has 0 saturated heterocycles. The molecule has 0 bridgehead atoms. The fraction of sp³-hybridized carbons (Fsp3) is 0.278. The maximum Gasteiger partial charge on any atom is 0.273 e. The molecule has 1 aromatic carbocycles. The lowest BCUT2D eigenvalue weighted by molar-refractivity contribution is 0.0781. The summed E-state index contributed by atoms with van der Waals surface area (Å²) >= 11 is 3.18. The highest BCUT2D eigenvalue weighted by molar-refractivity contribution is 7.15. The van der Waals surface area contributed by atoms with Gasteiger partial charge in [-0.05, 0) is 12.8 Å². The van der Waals surface area contributed by atoms with Crippen molar-refractivity contribution in [3.05, 3.63) is 57.5 Å². The number of carbonyl (C=O) groups is 1. The largest absolute Gasteiger partial charge is 0.335 e. The van der Waals surface area contributed by atoms with E-state index in [1.165, 1.54) is 0 Å². The van der Waals surface area contributed by atoms with Gasteiger partial charge in [0.1, 0.15) is 10.7 Å². The van der Waals surface area contributed by atoms with Crippen molar-refractivity contribution in [2.75, 3.05) is 7.05 Å². The molecule has 0 saturated carbocycles. The molecular weight excluding hydrogens is 338 g/mol. The normalized spacial score (nSPS) is 10.8. The van der Waals surface area contributed by atoms with Gasteiger partial charge in [-0.2, -0.15) is 0 Å². The molecule has 0 unspecified atom stereocenters. The van der Waals surface area contributed by atoms with Crippen LogP contribution in [-0.2, 0) is 13.0 Å². The van der Waals surface area contributed by atoms with Crippen LogP contribution in [0, 0.1) is 0 Å². The summed E-state index contributed by atoms with van der Waals surface area (Å²) in [6, 6.07) is 10.1. The van der Waals surface area contributed by atoms with E-state index in [9.17, 15) is 4.79 Å². The number of thiazole rings is 2. The summed E-state index contributed by atoms with van der Waals surface area (Å²) in [7, 11) is 1.81. The first-order chi connectivity index (χ1) is 11.7. The highest BCUT2D eigenvalue weighted by Crippen LogP contribution is 2.25. The number of rotatable bonds is 6. The molecule has 0 atom stereocenters. The molecule has 2 heterocycles. The first-order valence-electron chi connectivity index (χ1n) is 7.87. The summed E-state index contributed by atoms with van der Waals surface area (Å²) < 4.78 is 0. The third-order valence-corrected chi connectivity index (χ3v) is 5.49. The van der Waals surface area contributed by atoms with E-state index < -0.39 is 0 Å². The predicted octanol–water partition coefficient (Wildman–Crippen LogP) is 4.49. The van der Waals surface area contributed by atoms with Gasteiger partial charge in [-0.1, -0.05) is 37.3 Å². The molecule has 0 fully saturated rings. The van der Waals surface area contributed by atoms with E-state index in [0.29, 0.717) is 12.2 Å². The molecule has 0 aliphatic carbocycles. The zero-order valence-corrected chi connectivity index (χ0v) is 15.4. The maximum atomic E-state index is 12.5. The maximum absolute atomic E-state index is 12.5. The average molecular weight is 358 g/mol. The van der Waals surface area contributed by atoms with Crippen molar-refractivity contribution < 1.29 is 4.79 Å². The Bertz CT molecular complexity index is 811. The zero-order chi connectivity index (χ0) is 16.9. The number of nitrogens with zero attached hydrogens (tertiary/aromatic N) is 3. The Hall–Kier alpha value is -2.05. The minimum Gasteiger partial charge on any atom is -0.335 e. The Balaban J connectivity index is 1.67. The topological polar surface area (TPSA) is 46.1 Å². The molecule has 0 spiro atoms.